The van der Waals surface area contributed by atoms with Crippen LogP contribution in [0.15, 0.2) is 4.99 Å². The van der Waals surface area contributed by atoms with Crippen LogP contribution in [0.3, 0.4) is 0 Å². The normalized spacial score (nSPS) is 18.8. The maximum Gasteiger partial charge on any atom is 0.221 e. The Hall–Kier alpha value is -0.650. The Morgan fingerprint density at radius 3 is 2.56 bits per heavy atom. The van der Waals surface area contributed by atoms with Gasteiger partial charge >= 0.3 is 0 Å². The first-order valence-electron chi connectivity index (χ1n) is 9.70. The van der Waals surface area contributed by atoms with Crippen molar-refractivity contribution in [3.8, 4) is 0 Å². The number of carbonyl (C=O) groups excluding carboxylic acids is 1. The minimum absolute atomic E-state index is 0. The molecule has 0 aromatic carbocycles. The molecule has 2 atom stereocenters. The highest BCUT2D eigenvalue weighted by Crippen LogP contribution is 2.09. The molecule has 1 amide bonds. The lowest BCUT2D eigenvalue weighted by molar-refractivity contribution is -0.121. The smallest absolute Gasteiger partial charge is 0.221 e. The van der Waals surface area contributed by atoms with E-state index in [-0.39, 0.29) is 35.9 Å². The fourth-order valence-electron chi connectivity index (χ4n) is 2.63. The molecule has 1 rings (SSSR count). The van der Waals surface area contributed by atoms with Gasteiger partial charge in [0.1, 0.15) is 0 Å². The van der Waals surface area contributed by atoms with Gasteiger partial charge in [0.05, 0.1) is 25.4 Å². The van der Waals surface area contributed by atoms with Gasteiger partial charge in [0.25, 0.3) is 0 Å². The lowest BCUT2D eigenvalue weighted by atomic mass is 10.1. The van der Waals surface area contributed by atoms with Gasteiger partial charge in [-0.25, -0.2) is 0 Å². The summed E-state index contributed by atoms with van der Waals surface area (Å²) in [5, 5.41) is 19.9. The standard InChI is InChI=1S/C18H37N5O3.HI/c1-5-15(3)22-16(24)7-8-20-17(19-6-2)21-13-18(4,25)14-23-9-11-26-12-10-23;/h15,25H,5-14H2,1-4H3,(H,22,24)(H2,19,20,21);1H. The third kappa shape index (κ3) is 12.4. The third-order valence-corrected chi connectivity index (χ3v) is 4.25. The Morgan fingerprint density at radius 2 is 1.96 bits per heavy atom. The Morgan fingerprint density at radius 1 is 1.30 bits per heavy atom. The second-order valence-corrected chi connectivity index (χ2v) is 7.13. The summed E-state index contributed by atoms with van der Waals surface area (Å²) in [6.07, 6.45) is 1.31. The van der Waals surface area contributed by atoms with Crippen molar-refractivity contribution in [1.29, 1.82) is 0 Å². The molecule has 0 saturated carbocycles. The number of β-amino-alcohol motifs (C(OH)–C–C–N with tert-alkyl or cyclic N) is 1. The van der Waals surface area contributed by atoms with Gasteiger partial charge in [-0.1, -0.05) is 6.92 Å². The van der Waals surface area contributed by atoms with Gasteiger partial charge in [-0.2, -0.15) is 0 Å². The summed E-state index contributed by atoms with van der Waals surface area (Å²) in [4.78, 5) is 18.5. The van der Waals surface area contributed by atoms with E-state index < -0.39 is 5.60 Å². The lowest BCUT2D eigenvalue weighted by Crippen LogP contribution is -2.48. The summed E-state index contributed by atoms with van der Waals surface area (Å²) in [6, 6.07) is 0.194. The Balaban J connectivity index is 0.00000676. The molecule has 0 aromatic rings. The summed E-state index contributed by atoms with van der Waals surface area (Å²) in [6.45, 7) is 13.0. The number of guanidine groups is 1. The maximum atomic E-state index is 11.8. The second-order valence-electron chi connectivity index (χ2n) is 7.13. The average molecular weight is 499 g/mol. The molecule has 1 aliphatic heterocycles. The number of nitrogens with one attached hydrogen (secondary N) is 3. The van der Waals surface area contributed by atoms with Crippen LogP contribution in [0, 0.1) is 0 Å². The van der Waals surface area contributed by atoms with E-state index in [4.69, 9.17) is 4.74 Å². The van der Waals surface area contributed by atoms with Crippen LogP contribution in [-0.2, 0) is 9.53 Å². The zero-order valence-corrected chi connectivity index (χ0v) is 19.5. The monoisotopic (exact) mass is 499 g/mol. The Kier molecular flexibility index (Phi) is 14.0. The zero-order chi connectivity index (χ0) is 19.4. The van der Waals surface area contributed by atoms with Crippen LogP contribution in [0.5, 0.6) is 0 Å². The van der Waals surface area contributed by atoms with Gasteiger partial charge in [0, 0.05) is 45.2 Å². The fourth-order valence-corrected chi connectivity index (χ4v) is 2.63. The number of nitrogens with zero attached hydrogens (tertiary/aromatic N) is 2. The molecule has 8 nitrogen and oxygen atoms in total. The number of carbonyl (C=O) groups is 1. The summed E-state index contributed by atoms with van der Waals surface area (Å²) >= 11 is 0. The van der Waals surface area contributed by atoms with E-state index in [2.05, 4.69) is 25.8 Å². The largest absolute Gasteiger partial charge is 0.387 e. The van der Waals surface area contributed by atoms with Gasteiger partial charge in [-0.05, 0) is 27.2 Å². The molecular weight excluding hydrogens is 461 g/mol. The number of rotatable bonds is 10. The van der Waals surface area contributed by atoms with Crippen LogP contribution >= 0.6 is 24.0 Å². The minimum Gasteiger partial charge on any atom is -0.387 e. The molecule has 27 heavy (non-hydrogen) atoms. The van der Waals surface area contributed by atoms with Gasteiger partial charge in [-0.15, -0.1) is 24.0 Å². The summed E-state index contributed by atoms with van der Waals surface area (Å²) in [5.74, 6) is 0.646. The average Bonchev–Trinajstić information content (AvgIpc) is 2.60. The highest BCUT2D eigenvalue weighted by atomic mass is 127. The third-order valence-electron chi connectivity index (χ3n) is 4.25. The molecule has 1 saturated heterocycles. The predicted octanol–water partition coefficient (Wildman–Crippen LogP) is 0.548. The molecule has 4 N–H and O–H groups in total. The van der Waals surface area contributed by atoms with Crippen LogP contribution < -0.4 is 16.0 Å². The zero-order valence-electron chi connectivity index (χ0n) is 17.2. The number of hydrogen-bond acceptors (Lipinski definition) is 5. The number of amides is 1. The highest BCUT2D eigenvalue weighted by Gasteiger charge is 2.25. The van der Waals surface area contributed by atoms with Crippen LogP contribution in [0.4, 0.5) is 0 Å². The van der Waals surface area contributed by atoms with Crippen molar-refractivity contribution < 1.29 is 14.6 Å². The van der Waals surface area contributed by atoms with Gasteiger partial charge in [0.15, 0.2) is 5.96 Å². The number of morpholine rings is 1. The predicted molar refractivity (Wildman–Crippen MR) is 120 cm³/mol. The van der Waals surface area contributed by atoms with E-state index in [0.717, 1.165) is 26.1 Å². The molecule has 1 aliphatic rings. The molecule has 0 aliphatic carbocycles. The first-order valence-corrected chi connectivity index (χ1v) is 9.70. The fraction of sp³-hybridized carbons (Fsp3) is 0.889. The maximum absolute atomic E-state index is 11.8. The Labute approximate surface area is 180 Å². The van der Waals surface area contributed by atoms with E-state index in [1.54, 1.807) is 6.92 Å². The topological polar surface area (TPSA) is 98.2 Å². The Bertz CT molecular complexity index is 443. The summed E-state index contributed by atoms with van der Waals surface area (Å²) in [7, 11) is 0. The van der Waals surface area contributed by atoms with E-state index in [0.29, 0.717) is 45.2 Å². The number of halogens is 1. The molecular formula is C18H38IN5O3. The lowest BCUT2D eigenvalue weighted by Gasteiger charge is -2.33. The van der Waals surface area contributed by atoms with E-state index >= 15 is 0 Å². The van der Waals surface area contributed by atoms with Crippen LogP contribution in [0.2, 0.25) is 0 Å². The molecule has 1 fully saturated rings. The highest BCUT2D eigenvalue weighted by molar-refractivity contribution is 14.0. The molecule has 1 heterocycles. The number of ether oxygens (including phenoxy) is 1. The second kappa shape index (κ2) is 14.4. The molecule has 0 aromatic heterocycles. The number of aliphatic imine (C=N–C) groups is 1. The van der Waals surface area contributed by atoms with Crippen molar-refractivity contribution in [2.45, 2.75) is 52.2 Å². The van der Waals surface area contributed by atoms with Crippen molar-refractivity contribution in [1.82, 2.24) is 20.9 Å². The molecule has 2 unspecified atom stereocenters. The van der Waals surface area contributed by atoms with E-state index in [1.807, 2.05) is 20.8 Å². The van der Waals surface area contributed by atoms with Crippen molar-refractivity contribution in [3.05, 3.63) is 0 Å². The van der Waals surface area contributed by atoms with Gasteiger partial charge in [-0.3, -0.25) is 14.7 Å². The van der Waals surface area contributed by atoms with Crippen LogP contribution in [0.1, 0.15) is 40.5 Å². The molecule has 0 spiro atoms. The molecule has 0 bridgehead atoms. The molecule has 0 radical (unpaired) electrons. The SMILES string of the molecule is CCNC(=NCC(C)(O)CN1CCOCC1)NCCC(=O)NC(C)CC.I. The summed E-state index contributed by atoms with van der Waals surface area (Å²) < 4.78 is 5.34. The molecule has 160 valence electrons. The van der Waals surface area contributed by atoms with Crippen LogP contribution in [0.25, 0.3) is 0 Å². The van der Waals surface area contributed by atoms with Crippen molar-refractivity contribution >= 4 is 35.8 Å². The first kappa shape index (κ1) is 26.4. The van der Waals surface area contributed by atoms with Gasteiger partial charge < -0.3 is 25.8 Å². The van der Waals surface area contributed by atoms with Crippen molar-refractivity contribution in [3.63, 3.8) is 0 Å². The number of aliphatic hydroxyl groups is 1. The van der Waals surface area contributed by atoms with Crippen molar-refractivity contribution in [2.75, 3.05) is 52.5 Å². The van der Waals surface area contributed by atoms with Gasteiger partial charge in [0.2, 0.25) is 5.91 Å². The van der Waals surface area contributed by atoms with E-state index in [1.165, 1.54) is 0 Å². The quantitative estimate of drug-likeness (QED) is 0.199. The number of hydrogen-bond donors (Lipinski definition) is 4. The van der Waals surface area contributed by atoms with Crippen LogP contribution in [-0.4, -0.2) is 86.0 Å². The van der Waals surface area contributed by atoms with Crippen molar-refractivity contribution in [2.24, 2.45) is 4.99 Å². The first-order chi connectivity index (χ1) is 12.4. The minimum atomic E-state index is -0.909. The summed E-state index contributed by atoms with van der Waals surface area (Å²) in [5.41, 5.74) is -0.909. The molecule has 9 heteroatoms. The van der Waals surface area contributed by atoms with E-state index in [9.17, 15) is 9.90 Å².